The third-order valence-corrected chi connectivity index (χ3v) is 1.07. The standard InChI is InChI=1S/C6H2BF3.K/c7-3-1-2-4(8)6(10)5(3)9;/h1-2H;/q-1;+1. The molecule has 1 aromatic carbocycles. The molecule has 5 heteroatoms. The van der Waals surface area contributed by atoms with Crippen LogP contribution in [0.2, 0.25) is 0 Å². The van der Waals surface area contributed by atoms with Crippen molar-refractivity contribution in [3.8, 4) is 0 Å². The van der Waals surface area contributed by atoms with Gasteiger partial charge >= 0.3 is 51.4 Å². The molecule has 11 heavy (non-hydrogen) atoms. The van der Waals surface area contributed by atoms with Gasteiger partial charge in [-0.25, -0.2) is 13.2 Å². The Labute approximate surface area is 106 Å². The summed E-state index contributed by atoms with van der Waals surface area (Å²) in [5, 5.41) is 0. The van der Waals surface area contributed by atoms with Gasteiger partial charge in [-0.3, -0.25) is 5.46 Å². The van der Waals surface area contributed by atoms with Gasteiger partial charge in [0.1, 0.15) is 5.82 Å². The average Bonchev–Trinajstić information content (AvgIpc) is 1.93. The van der Waals surface area contributed by atoms with Crippen LogP contribution >= 0.6 is 0 Å². The molecule has 0 unspecified atom stereocenters. The second-order valence-electron chi connectivity index (χ2n) is 1.76. The largest absolute Gasteiger partial charge is 1.00 e. The molecule has 0 amide bonds. The topological polar surface area (TPSA) is 0 Å². The van der Waals surface area contributed by atoms with Crippen LogP contribution in [0, 0.1) is 17.5 Å². The van der Waals surface area contributed by atoms with Gasteiger partial charge in [-0.15, -0.1) is 6.07 Å². The molecule has 0 N–H and O–H groups in total. The third kappa shape index (κ3) is 2.59. The summed E-state index contributed by atoms with van der Waals surface area (Å²) in [5.41, 5.74) is -0.390. The molecule has 0 aliphatic rings. The van der Waals surface area contributed by atoms with Gasteiger partial charge in [0.25, 0.3) is 0 Å². The van der Waals surface area contributed by atoms with Crippen molar-refractivity contribution in [3.63, 3.8) is 0 Å². The molecule has 0 aliphatic carbocycles. The Kier molecular flexibility index (Phi) is 4.97. The van der Waals surface area contributed by atoms with E-state index in [1.807, 2.05) is 0 Å². The molecule has 0 spiro atoms. The Morgan fingerprint density at radius 2 is 1.55 bits per heavy atom. The molecular weight excluding hydrogens is 179 g/mol. The zero-order valence-corrected chi connectivity index (χ0v) is 8.99. The summed E-state index contributed by atoms with van der Waals surface area (Å²) >= 11 is 0. The van der Waals surface area contributed by atoms with E-state index in [1.165, 1.54) is 0 Å². The van der Waals surface area contributed by atoms with Crippen LogP contribution in [0.1, 0.15) is 0 Å². The summed E-state index contributed by atoms with van der Waals surface area (Å²) < 4.78 is 36.5. The summed E-state index contributed by atoms with van der Waals surface area (Å²) in [6.07, 6.45) is 0. The maximum atomic E-state index is 12.3. The van der Waals surface area contributed by atoms with Crippen LogP contribution in [0.5, 0.6) is 0 Å². The Morgan fingerprint density at radius 1 is 1.00 bits per heavy atom. The summed E-state index contributed by atoms with van der Waals surface area (Å²) in [6.45, 7) is 0. The van der Waals surface area contributed by atoms with Gasteiger partial charge in [-0.1, -0.05) is 0 Å². The van der Waals surface area contributed by atoms with Crippen molar-refractivity contribution in [2.45, 2.75) is 0 Å². The predicted molar refractivity (Wildman–Crippen MR) is 31.7 cm³/mol. The van der Waals surface area contributed by atoms with Crippen molar-refractivity contribution < 1.29 is 64.6 Å². The molecule has 51 valence electrons. The van der Waals surface area contributed by atoms with Crippen molar-refractivity contribution in [3.05, 3.63) is 29.6 Å². The maximum Gasteiger partial charge on any atom is 1.00 e. The van der Waals surface area contributed by atoms with E-state index in [9.17, 15) is 13.2 Å². The van der Waals surface area contributed by atoms with E-state index in [1.54, 1.807) is 0 Å². The zero-order valence-electron chi connectivity index (χ0n) is 5.87. The van der Waals surface area contributed by atoms with Gasteiger partial charge in [0.05, 0.1) is 0 Å². The minimum absolute atomic E-state index is 0. The Bertz CT molecular complexity index is 237. The first-order valence-electron chi connectivity index (χ1n) is 2.52. The first-order valence-corrected chi connectivity index (χ1v) is 2.52. The molecule has 1 rings (SSSR count). The summed E-state index contributed by atoms with van der Waals surface area (Å²) in [7, 11) is 4.91. The molecule has 0 saturated heterocycles. The van der Waals surface area contributed by atoms with Gasteiger partial charge in [-0.2, -0.15) is 0 Å². The number of hydrogen-bond acceptors (Lipinski definition) is 0. The SMILES string of the molecule is [B-]c1ccc(F)c(F)c1F.[K+]. The van der Waals surface area contributed by atoms with Crippen LogP contribution in [0.3, 0.4) is 0 Å². The molecule has 0 aliphatic heterocycles. The van der Waals surface area contributed by atoms with Crippen LogP contribution in [0.25, 0.3) is 0 Å². The van der Waals surface area contributed by atoms with Gasteiger partial charge < -0.3 is 7.85 Å². The van der Waals surface area contributed by atoms with Crippen LogP contribution < -0.4 is 56.8 Å². The van der Waals surface area contributed by atoms with E-state index in [0.717, 1.165) is 12.1 Å². The minimum Gasteiger partial charge on any atom is -0.576 e. The molecule has 0 atom stereocenters. The van der Waals surface area contributed by atoms with E-state index in [-0.39, 0.29) is 56.8 Å². The second-order valence-corrected chi connectivity index (χ2v) is 1.76. The van der Waals surface area contributed by atoms with Crippen molar-refractivity contribution in [2.75, 3.05) is 0 Å². The smallest absolute Gasteiger partial charge is 0.576 e. The molecular formula is C6H2BF3K. The molecule has 0 saturated carbocycles. The van der Waals surface area contributed by atoms with E-state index >= 15 is 0 Å². The number of rotatable bonds is 0. The maximum absolute atomic E-state index is 12.3. The van der Waals surface area contributed by atoms with E-state index < -0.39 is 17.5 Å². The van der Waals surface area contributed by atoms with Crippen LogP contribution in [-0.4, -0.2) is 7.85 Å². The van der Waals surface area contributed by atoms with Gasteiger partial charge in [0.2, 0.25) is 0 Å². The quantitative estimate of drug-likeness (QED) is 0.317. The van der Waals surface area contributed by atoms with Crippen LogP contribution in [0.15, 0.2) is 12.1 Å². The second kappa shape index (κ2) is 4.67. The fourth-order valence-corrected chi connectivity index (χ4v) is 0.541. The third-order valence-electron chi connectivity index (χ3n) is 1.07. The van der Waals surface area contributed by atoms with Crippen LogP contribution in [0.4, 0.5) is 13.2 Å². The van der Waals surface area contributed by atoms with Crippen LogP contribution in [-0.2, 0) is 0 Å². The fourth-order valence-electron chi connectivity index (χ4n) is 0.541. The molecule has 0 heterocycles. The molecule has 0 fully saturated rings. The first kappa shape index (κ1) is 11.7. The monoisotopic (exact) mass is 181 g/mol. The first-order chi connectivity index (χ1) is 4.63. The molecule has 1 aromatic rings. The summed E-state index contributed by atoms with van der Waals surface area (Å²) in [5.74, 6) is -4.09. The fraction of sp³-hybridized carbons (Fsp3) is 0. The van der Waals surface area contributed by atoms with E-state index in [4.69, 9.17) is 7.85 Å². The number of hydrogen-bond donors (Lipinski definition) is 0. The predicted octanol–water partition coefficient (Wildman–Crippen LogP) is -2.10. The Morgan fingerprint density at radius 3 is 2.00 bits per heavy atom. The Balaban J connectivity index is 0.000001000. The van der Waals surface area contributed by atoms with Gasteiger partial charge in [-0.05, 0) is 6.07 Å². The Hall–Kier alpha value is 0.711. The number of benzene rings is 1. The van der Waals surface area contributed by atoms with Crippen molar-refractivity contribution >= 4 is 13.3 Å². The van der Waals surface area contributed by atoms with E-state index in [0.29, 0.717) is 0 Å². The number of halogens is 3. The molecule has 3 radical (unpaired) electrons. The minimum atomic E-state index is -1.53. The molecule has 0 aromatic heterocycles. The van der Waals surface area contributed by atoms with E-state index in [2.05, 4.69) is 0 Å². The van der Waals surface area contributed by atoms with Crippen molar-refractivity contribution in [1.29, 1.82) is 0 Å². The molecule has 0 bridgehead atoms. The zero-order chi connectivity index (χ0) is 7.72. The molecule has 0 nitrogen and oxygen atoms in total. The normalized spacial score (nSPS) is 9.09. The average molecular weight is 181 g/mol. The summed E-state index contributed by atoms with van der Waals surface area (Å²) in [6, 6.07) is 1.74. The van der Waals surface area contributed by atoms with Crippen molar-refractivity contribution in [1.82, 2.24) is 0 Å². The summed E-state index contributed by atoms with van der Waals surface area (Å²) in [4.78, 5) is 0. The van der Waals surface area contributed by atoms with Crippen molar-refractivity contribution in [2.24, 2.45) is 0 Å². The van der Waals surface area contributed by atoms with Gasteiger partial charge in [0.15, 0.2) is 11.6 Å². The van der Waals surface area contributed by atoms with Gasteiger partial charge in [0, 0.05) is 0 Å².